The van der Waals surface area contributed by atoms with Crippen molar-refractivity contribution in [1.82, 2.24) is 14.8 Å². The molecule has 28 heavy (non-hydrogen) atoms. The molecule has 2 aromatic rings. The third-order valence-electron chi connectivity index (χ3n) is 6.80. The molecule has 1 amide bonds. The maximum Gasteiger partial charge on any atom is 0.223 e. The van der Waals surface area contributed by atoms with Crippen molar-refractivity contribution in [3.63, 3.8) is 0 Å². The first-order valence-corrected chi connectivity index (χ1v) is 11.5. The molecule has 1 aliphatic heterocycles. The van der Waals surface area contributed by atoms with Gasteiger partial charge in [-0.25, -0.2) is 4.98 Å². The molecule has 1 saturated heterocycles. The van der Waals surface area contributed by atoms with Crippen LogP contribution in [0.5, 0.6) is 0 Å². The number of rotatable bonds is 6. The molecular weight excluding hydrogens is 366 g/mol. The fraction of sp³-hybridized carbons (Fsp3) is 0.565. The monoisotopic (exact) mass is 397 g/mol. The van der Waals surface area contributed by atoms with E-state index in [0.717, 1.165) is 39.1 Å². The van der Waals surface area contributed by atoms with E-state index in [1.165, 1.54) is 29.0 Å². The third-order valence-corrected chi connectivity index (χ3v) is 7.57. The number of amides is 1. The minimum Gasteiger partial charge on any atom is -0.343 e. The van der Waals surface area contributed by atoms with E-state index in [1.54, 1.807) is 11.3 Å². The van der Waals surface area contributed by atoms with Gasteiger partial charge in [-0.1, -0.05) is 24.3 Å². The predicted molar refractivity (Wildman–Crippen MR) is 115 cm³/mol. The Morgan fingerprint density at radius 3 is 2.68 bits per heavy atom. The smallest absolute Gasteiger partial charge is 0.223 e. The molecule has 2 aliphatic rings. The molecule has 1 atom stereocenters. The predicted octanol–water partition coefficient (Wildman–Crippen LogP) is 4.42. The van der Waals surface area contributed by atoms with Crippen molar-refractivity contribution in [2.24, 2.45) is 0 Å². The van der Waals surface area contributed by atoms with Gasteiger partial charge >= 0.3 is 0 Å². The van der Waals surface area contributed by atoms with E-state index in [4.69, 9.17) is 0 Å². The average Bonchev–Trinajstić information content (AvgIpc) is 3.32. The van der Waals surface area contributed by atoms with Gasteiger partial charge in [0.2, 0.25) is 5.91 Å². The summed E-state index contributed by atoms with van der Waals surface area (Å²) in [5.74, 6) is 0.679. The number of carbonyl (C=O) groups is 1. The van der Waals surface area contributed by atoms with Crippen LogP contribution in [0.25, 0.3) is 0 Å². The summed E-state index contributed by atoms with van der Waals surface area (Å²) in [5.41, 5.74) is 3.20. The number of benzene rings is 1. The Labute approximate surface area is 172 Å². The van der Waals surface area contributed by atoms with Crippen molar-refractivity contribution in [2.45, 2.75) is 57.4 Å². The summed E-state index contributed by atoms with van der Waals surface area (Å²) in [6.07, 6.45) is 6.06. The lowest BCUT2D eigenvalue weighted by molar-refractivity contribution is -0.131. The molecule has 2 heterocycles. The van der Waals surface area contributed by atoms with Crippen molar-refractivity contribution in [2.75, 3.05) is 26.2 Å². The second-order valence-corrected chi connectivity index (χ2v) is 9.22. The summed E-state index contributed by atoms with van der Waals surface area (Å²) in [4.78, 5) is 21.8. The fourth-order valence-electron chi connectivity index (χ4n) is 5.26. The van der Waals surface area contributed by atoms with Crippen LogP contribution in [0, 0.1) is 0 Å². The van der Waals surface area contributed by atoms with Crippen LogP contribution >= 0.6 is 11.3 Å². The average molecular weight is 398 g/mol. The highest BCUT2D eigenvalue weighted by atomic mass is 32.1. The molecule has 0 N–H and O–H groups in total. The van der Waals surface area contributed by atoms with Gasteiger partial charge in [-0.3, -0.25) is 9.69 Å². The zero-order valence-electron chi connectivity index (χ0n) is 17.1. The van der Waals surface area contributed by atoms with Gasteiger partial charge in [0, 0.05) is 31.1 Å². The van der Waals surface area contributed by atoms with Gasteiger partial charge in [-0.2, -0.15) is 0 Å². The van der Waals surface area contributed by atoms with Crippen LogP contribution in [0.4, 0.5) is 0 Å². The van der Waals surface area contributed by atoms with E-state index in [0.29, 0.717) is 18.2 Å². The maximum atomic E-state index is 12.8. The molecule has 4 rings (SSSR count). The molecule has 1 aromatic carbocycles. The van der Waals surface area contributed by atoms with Gasteiger partial charge in [0.1, 0.15) is 5.01 Å². The molecule has 150 valence electrons. The van der Waals surface area contributed by atoms with Gasteiger partial charge in [-0.05, 0) is 68.7 Å². The number of nitrogens with zero attached hydrogens (tertiary/aromatic N) is 3. The zero-order chi connectivity index (χ0) is 19.6. The Kier molecular flexibility index (Phi) is 5.83. The van der Waals surface area contributed by atoms with Gasteiger partial charge < -0.3 is 4.90 Å². The molecule has 1 fully saturated rings. The SMILES string of the molecule is CCN(CC)C(=O)CC1CC2(CCN(Cc3nccs3)CC2)c2ccccc21. The molecular formula is C23H31N3OS. The number of piperidine rings is 1. The van der Waals surface area contributed by atoms with Crippen LogP contribution in [0.1, 0.15) is 61.6 Å². The summed E-state index contributed by atoms with van der Waals surface area (Å²) in [7, 11) is 0. The summed E-state index contributed by atoms with van der Waals surface area (Å²) in [6, 6.07) is 8.92. The van der Waals surface area contributed by atoms with Crippen LogP contribution in [0.2, 0.25) is 0 Å². The van der Waals surface area contributed by atoms with E-state index in [1.807, 2.05) is 11.1 Å². The lowest BCUT2D eigenvalue weighted by Crippen LogP contribution is -2.41. The molecule has 1 aliphatic carbocycles. The van der Waals surface area contributed by atoms with E-state index in [-0.39, 0.29) is 5.41 Å². The Hall–Kier alpha value is -1.72. The van der Waals surface area contributed by atoms with Gasteiger partial charge in [0.25, 0.3) is 0 Å². The van der Waals surface area contributed by atoms with Crippen LogP contribution < -0.4 is 0 Å². The van der Waals surface area contributed by atoms with Crippen LogP contribution in [-0.4, -0.2) is 46.9 Å². The second-order valence-electron chi connectivity index (χ2n) is 8.24. The normalized spacial score (nSPS) is 21.0. The number of thiazole rings is 1. The minimum atomic E-state index is 0.254. The molecule has 1 unspecified atom stereocenters. The van der Waals surface area contributed by atoms with Gasteiger partial charge in [0.15, 0.2) is 0 Å². The summed E-state index contributed by atoms with van der Waals surface area (Å²) >= 11 is 1.75. The first-order valence-electron chi connectivity index (χ1n) is 10.6. The van der Waals surface area contributed by atoms with E-state index in [9.17, 15) is 4.79 Å². The summed E-state index contributed by atoms with van der Waals surface area (Å²) in [6.45, 7) is 8.96. The van der Waals surface area contributed by atoms with Gasteiger partial charge in [-0.15, -0.1) is 11.3 Å². The van der Waals surface area contributed by atoms with Crippen LogP contribution in [-0.2, 0) is 16.8 Å². The highest BCUT2D eigenvalue weighted by molar-refractivity contribution is 7.09. The number of hydrogen-bond acceptors (Lipinski definition) is 4. The minimum absolute atomic E-state index is 0.254. The summed E-state index contributed by atoms with van der Waals surface area (Å²) < 4.78 is 0. The highest BCUT2D eigenvalue weighted by Crippen LogP contribution is 2.52. The van der Waals surface area contributed by atoms with Crippen molar-refractivity contribution in [3.8, 4) is 0 Å². The molecule has 0 radical (unpaired) electrons. The molecule has 0 bridgehead atoms. The number of likely N-dealkylation sites (tertiary alicyclic amines) is 1. The Morgan fingerprint density at radius 2 is 2.00 bits per heavy atom. The van der Waals surface area contributed by atoms with Crippen molar-refractivity contribution < 1.29 is 4.79 Å². The lowest BCUT2D eigenvalue weighted by Gasteiger charge is -2.40. The summed E-state index contributed by atoms with van der Waals surface area (Å²) in [5, 5.41) is 3.27. The van der Waals surface area contributed by atoms with Crippen molar-refractivity contribution in [1.29, 1.82) is 0 Å². The van der Waals surface area contributed by atoms with Gasteiger partial charge in [0.05, 0.1) is 6.54 Å². The van der Waals surface area contributed by atoms with E-state index < -0.39 is 0 Å². The second kappa shape index (κ2) is 8.34. The Morgan fingerprint density at radius 1 is 1.25 bits per heavy atom. The standard InChI is InChI=1S/C23H31N3OS/c1-3-26(4-2)22(27)15-18-16-23(20-8-6-5-7-19(18)20)9-12-25(13-10-23)17-21-24-11-14-28-21/h5-8,11,14,18H,3-4,9-10,12-13,15-17H2,1-2H3. The molecule has 4 nitrogen and oxygen atoms in total. The van der Waals surface area contributed by atoms with E-state index >= 15 is 0 Å². The fourth-order valence-corrected chi connectivity index (χ4v) is 5.92. The van der Waals surface area contributed by atoms with Crippen molar-refractivity contribution >= 4 is 17.2 Å². The van der Waals surface area contributed by atoms with Crippen molar-refractivity contribution in [3.05, 3.63) is 52.0 Å². The quantitative estimate of drug-likeness (QED) is 0.724. The highest BCUT2D eigenvalue weighted by Gasteiger charge is 2.45. The number of carbonyl (C=O) groups excluding carboxylic acids is 1. The molecule has 1 aromatic heterocycles. The topological polar surface area (TPSA) is 36.4 Å². The lowest BCUT2D eigenvalue weighted by atomic mass is 9.73. The number of aromatic nitrogens is 1. The zero-order valence-corrected chi connectivity index (χ0v) is 17.9. The largest absolute Gasteiger partial charge is 0.343 e. The molecule has 1 spiro atoms. The first kappa shape index (κ1) is 19.6. The number of fused-ring (bicyclic) bond motifs is 2. The molecule has 0 saturated carbocycles. The van der Waals surface area contributed by atoms with Crippen LogP contribution in [0.15, 0.2) is 35.8 Å². The first-order chi connectivity index (χ1) is 13.6. The molecule has 5 heteroatoms. The number of hydrogen-bond donors (Lipinski definition) is 0. The van der Waals surface area contributed by atoms with Crippen LogP contribution in [0.3, 0.4) is 0 Å². The Balaban J connectivity index is 1.48. The van der Waals surface area contributed by atoms with E-state index in [2.05, 4.69) is 53.4 Å². The maximum absolute atomic E-state index is 12.8. The third kappa shape index (κ3) is 3.74. The Bertz CT molecular complexity index is 792.